The summed E-state index contributed by atoms with van der Waals surface area (Å²) in [5.41, 5.74) is 0. The molecule has 2 heterocycles. The van der Waals surface area contributed by atoms with E-state index in [0.29, 0.717) is 6.54 Å². The van der Waals surface area contributed by atoms with E-state index in [1.54, 1.807) is 37.0 Å². The van der Waals surface area contributed by atoms with Crippen LogP contribution in [-0.2, 0) is 14.3 Å². The van der Waals surface area contributed by atoms with E-state index in [4.69, 9.17) is 9.84 Å². The predicted molar refractivity (Wildman–Crippen MR) is 65.5 cm³/mol. The van der Waals surface area contributed by atoms with Crippen molar-refractivity contribution < 1.29 is 19.4 Å². The van der Waals surface area contributed by atoms with E-state index >= 15 is 0 Å². The van der Waals surface area contributed by atoms with Crippen molar-refractivity contribution in [1.82, 2.24) is 14.7 Å². The zero-order valence-corrected chi connectivity index (χ0v) is 10.9. The van der Waals surface area contributed by atoms with E-state index in [9.17, 15) is 9.59 Å². The summed E-state index contributed by atoms with van der Waals surface area (Å²) in [5, 5.41) is 13.0. The molecule has 2 unspecified atom stereocenters. The molecule has 3 atom stereocenters. The molecule has 0 saturated carbocycles. The first kappa shape index (κ1) is 13.5. The van der Waals surface area contributed by atoms with Crippen LogP contribution in [0.1, 0.15) is 19.9 Å². The molecule has 0 bridgehead atoms. The second-order valence-corrected chi connectivity index (χ2v) is 4.68. The number of amides is 1. The van der Waals surface area contributed by atoms with Gasteiger partial charge in [-0.2, -0.15) is 5.10 Å². The first-order valence-corrected chi connectivity index (χ1v) is 6.15. The van der Waals surface area contributed by atoms with Gasteiger partial charge in [-0.25, -0.2) is 4.79 Å². The minimum absolute atomic E-state index is 0.0735. The van der Waals surface area contributed by atoms with Gasteiger partial charge in [0.05, 0.1) is 12.6 Å². The van der Waals surface area contributed by atoms with E-state index in [1.165, 1.54) is 4.90 Å². The van der Waals surface area contributed by atoms with Crippen molar-refractivity contribution in [3.63, 3.8) is 0 Å². The van der Waals surface area contributed by atoms with E-state index in [-0.39, 0.29) is 18.6 Å². The number of carbonyl (C=O) groups excluding carboxylic acids is 1. The van der Waals surface area contributed by atoms with Gasteiger partial charge in [0, 0.05) is 18.9 Å². The Balaban J connectivity index is 2.08. The molecule has 1 aliphatic rings. The third-order valence-electron chi connectivity index (χ3n) is 3.13. The van der Waals surface area contributed by atoms with Crippen LogP contribution in [0.4, 0.5) is 0 Å². The van der Waals surface area contributed by atoms with Crippen LogP contribution in [0, 0.1) is 0 Å². The van der Waals surface area contributed by atoms with Crippen molar-refractivity contribution in [1.29, 1.82) is 0 Å². The molecule has 0 radical (unpaired) electrons. The number of aromatic nitrogens is 2. The molecule has 1 aromatic heterocycles. The van der Waals surface area contributed by atoms with Gasteiger partial charge in [0.1, 0.15) is 6.04 Å². The van der Waals surface area contributed by atoms with Crippen molar-refractivity contribution in [3.8, 4) is 0 Å². The fourth-order valence-corrected chi connectivity index (χ4v) is 2.15. The summed E-state index contributed by atoms with van der Waals surface area (Å²) in [4.78, 5) is 24.8. The molecule has 1 fully saturated rings. The zero-order chi connectivity index (χ0) is 14.0. The van der Waals surface area contributed by atoms with Crippen molar-refractivity contribution in [3.05, 3.63) is 18.5 Å². The number of ether oxygens (including phenoxy) is 1. The van der Waals surface area contributed by atoms with Crippen molar-refractivity contribution in [2.45, 2.75) is 32.1 Å². The highest BCUT2D eigenvalue weighted by Crippen LogP contribution is 2.16. The number of morpholine rings is 1. The van der Waals surface area contributed by atoms with Gasteiger partial charge >= 0.3 is 5.97 Å². The Bertz CT molecular complexity index is 460. The lowest BCUT2D eigenvalue weighted by Gasteiger charge is -2.36. The van der Waals surface area contributed by atoms with E-state index in [2.05, 4.69) is 5.10 Å². The Kier molecular flexibility index (Phi) is 3.84. The maximum Gasteiger partial charge on any atom is 0.334 e. The molecule has 7 nitrogen and oxygen atoms in total. The van der Waals surface area contributed by atoms with Gasteiger partial charge < -0.3 is 14.7 Å². The fraction of sp³-hybridized carbons (Fsp3) is 0.583. The first-order valence-electron chi connectivity index (χ1n) is 6.15. The number of aliphatic carboxylic acids is 1. The summed E-state index contributed by atoms with van der Waals surface area (Å²) in [5.74, 6) is -1.19. The number of hydrogen-bond donors (Lipinski definition) is 1. The highest BCUT2D eigenvalue weighted by Gasteiger charge is 2.34. The molecule has 1 N–H and O–H groups in total. The molecular weight excluding hydrogens is 250 g/mol. The third-order valence-corrected chi connectivity index (χ3v) is 3.13. The maximum atomic E-state index is 12.3. The van der Waals surface area contributed by atoms with Crippen LogP contribution in [0.2, 0.25) is 0 Å². The van der Waals surface area contributed by atoms with Crippen LogP contribution in [0.15, 0.2) is 18.5 Å². The average Bonchev–Trinajstić information content (AvgIpc) is 2.90. The summed E-state index contributed by atoms with van der Waals surface area (Å²) in [6.07, 6.45) is 2.06. The smallest absolute Gasteiger partial charge is 0.334 e. The molecule has 0 aliphatic carbocycles. The van der Waals surface area contributed by atoms with Crippen LogP contribution in [0.25, 0.3) is 0 Å². The van der Waals surface area contributed by atoms with Gasteiger partial charge in [-0.05, 0) is 19.9 Å². The van der Waals surface area contributed by atoms with Crippen molar-refractivity contribution in [2.75, 3.05) is 13.1 Å². The monoisotopic (exact) mass is 267 g/mol. The standard InChI is InChI=1S/C12H17N3O4/c1-8-6-14(7-10(19-8)12(17)18)11(16)9(2)15-5-3-4-13-15/h3-5,8-10H,6-7H2,1-2H3,(H,17,18)/t8-,9?,10?/m1/s1. The minimum Gasteiger partial charge on any atom is -0.479 e. The molecule has 1 amide bonds. The lowest BCUT2D eigenvalue weighted by atomic mass is 10.2. The molecule has 1 saturated heterocycles. The molecule has 2 rings (SSSR count). The summed E-state index contributed by atoms with van der Waals surface area (Å²) in [7, 11) is 0. The lowest BCUT2D eigenvalue weighted by Crippen LogP contribution is -2.53. The fourth-order valence-electron chi connectivity index (χ4n) is 2.15. The van der Waals surface area contributed by atoms with Gasteiger partial charge in [0.25, 0.3) is 0 Å². The minimum atomic E-state index is -1.05. The number of carbonyl (C=O) groups is 2. The van der Waals surface area contributed by atoms with Gasteiger partial charge in [-0.1, -0.05) is 0 Å². The highest BCUT2D eigenvalue weighted by molar-refractivity contribution is 5.81. The van der Waals surface area contributed by atoms with E-state index in [1.807, 2.05) is 0 Å². The quantitative estimate of drug-likeness (QED) is 0.842. The Morgan fingerprint density at radius 1 is 1.47 bits per heavy atom. The van der Waals surface area contributed by atoms with Crippen LogP contribution in [-0.4, -0.2) is 57.0 Å². The molecule has 19 heavy (non-hydrogen) atoms. The van der Waals surface area contributed by atoms with E-state index < -0.39 is 18.1 Å². The summed E-state index contributed by atoms with van der Waals surface area (Å²) in [6.45, 7) is 3.97. The predicted octanol–water partition coefficient (Wildman–Crippen LogP) is 0.145. The average molecular weight is 267 g/mol. The second kappa shape index (κ2) is 5.40. The Hall–Kier alpha value is -1.89. The van der Waals surface area contributed by atoms with Crippen LogP contribution in [0.5, 0.6) is 0 Å². The van der Waals surface area contributed by atoms with Crippen molar-refractivity contribution in [2.24, 2.45) is 0 Å². The highest BCUT2D eigenvalue weighted by atomic mass is 16.5. The van der Waals surface area contributed by atoms with Crippen molar-refractivity contribution >= 4 is 11.9 Å². The second-order valence-electron chi connectivity index (χ2n) is 4.68. The molecule has 7 heteroatoms. The molecule has 1 aliphatic heterocycles. The Labute approximate surface area is 110 Å². The third kappa shape index (κ3) is 2.93. The SMILES string of the molecule is CC(C(=O)N1CC(C(=O)O)O[C@H](C)C1)n1cccn1. The zero-order valence-electron chi connectivity index (χ0n) is 10.9. The topological polar surface area (TPSA) is 84.7 Å². The van der Waals surface area contributed by atoms with Crippen LogP contribution < -0.4 is 0 Å². The summed E-state index contributed by atoms with van der Waals surface area (Å²) in [6, 6.07) is 1.29. The molecule has 104 valence electrons. The first-order chi connectivity index (χ1) is 8.99. The number of rotatable bonds is 3. The normalized spacial score (nSPS) is 25.1. The Morgan fingerprint density at radius 3 is 2.79 bits per heavy atom. The largest absolute Gasteiger partial charge is 0.479 e. The Morgan fingerprint density at radius 2 is 2.21 bits per heavy atom. The number of carboxylic acids is 1. The summed E-state index contributed by atoms with van der Waals surface area (Å²) < 4.78 is 6.84. The number of carboxylic acid groups (broad SMARTS) is 1. The van der Waals surface area contributed by atoms with Crippen LogP contribution in [0.3, 0.4) is 0 Å². The summed E-state index contributed by atoms with van der Waals surface area (Å²) >= 11 is 0. The van der Waals surface area contributed by atoms with Crippen LogP contribution >= 0.6 is 0 Å². The molecule has 0 aromatic carbocycles. The molecular formula is C12H17N3O4. The lowest BCUT2D eigenvalue weighted by molar-refractivity contribution is -0.167. The number of nitrogens with zero attached hydrogens (tertiary/aromatic N) is 3. The van der Waals surface area contributed by atoms with E-state index in [0.717, 1.165) is 0 Å². The molecule has 0 spiro atoms. The molecule has 1 aromatic rings. The van der Waals surface area contributed by atoms with Gasteiger partial charge in [-0.15, -0.1) is 0 Å². The van der Waals surface area contributed by atoms with Gasteiger partial charge in [-0.3, -0.25) is 9.48 Å². The van der Waals surface area contributed by atoms with Gasteiger partial charge in [0.2, 0.25) is 5.91 Å². The maximum absolute atomic E-state index is 12.3. The van der Waals surface area contributed by atoms with Gasteiger partial charge in [0.15, 0.2) is 6.10 Å². The number of hydrogen-bond acceptors (Lipinski definition) is 4.